The van der Waals surface area contributed by atoms with E-state index in [4.69, 9.17) is 0 Å². The van der Waals surface area contributed by atoms with Gasteiger partial charge in [-0.25, -0.2) is 0 Å². The summed E-state index contributed by atoms with van der Waals surface area (Å²) in [5, 5.41) is 9.21. The number of aromatic nitrogens is 1. The highest BCUT2D eigenvalue weighted by Gasteiger charge is 2.39. The number of carbonyl (C=O) groups excluding carboxylic acids is 1. The topological polar surface area (TPSA) is 70.5 Å². The van der Waals surface area contributed by atoms with Crippen LogP contribution >= 0.6 is 0 Å². The van der Waals surface area contributed by atoms with Crippen LogP contribution in [-0.2, 0) is 9.59 Å². The van der Waals surface area contributed by atoms with Crippen molar-refractivity contribution in [1.29, 1.82) is 0 Å². The Balaban J connectivity index is 3.02. The van der Waals surface area contributed by atoms with Crippen molar-refractivity contribution in [3.8, 4) is 0 Å². The fourth-order valence-electron chi connectivity index (χ4n) is 1.72. The quantitative estimate of drug-likeness (QED) is 0.830. The molecule has 0 spiro atoms. The zero-order valence-corrected chi connectivity index (χ0v) is 11.0. The molecule has 0 bridgehead atoms. The monoisotopic (exact) mass is 250 g/mol. The molecule has 0 aliphatic rings. The molecule has 1 aromatic rings. The van der Waals surface area contributed by atoms with Gasteiger partial charge in [0.1, 0.15) is 5.92 Å². The minimum absolute atomic E-state index is 0.442. The molecule has 5 nitrogen and oxygen atoms in total. The molecule has 0 radical (unpaired) electrons. The van der Waals surface area contributed by atoms with Gasteiger partial charge in [-0.2, -0.15) is 0 Å². The third-order valence-electron chi connectivity index (χ3n) is 2.72. The number of aliphatic carboxylic acids is 1. The molecule has 0 fully saturated rings. The fraction of sp³-hybridized carbons (Fsp3) is 0.462. The van der Waals surface area contributed by atoms with Crippen LogP contribution < -0.4 is 4.90 Å². The number of carboxylic acid groups (broad SMARTS) is 1. The van der Waals surface area contributed by atoms with Crippen LogP contribution in [0.3, 0.4) is 0 Å². The number of nitrogens with zero attached hydrogens (tertiary/aromatic N) is 2. The molecular weight excluding hydrogens is 232 g/mol. The van der Waals surface area contributed by atoms with Gasteiger partial charge in [-0.15, -0.1) is 0 Å². The summed E-state index contributed by atoms with van der Waals surface area (Å²) in [5.41, 5.74) is -0.0580. The average Bonchev–Trinajstić information content (AvgIpc) is 2.26. The van der Waals surface area contributed by atoms with Crippen LogP contribution in [0, 0.1) is 11.3 Å². The average molecular weight is 250 g/mol. The van der Waals surface area contributed by atoms with Gasteiger partial charge < -0.3 is 10.0 Å². The molecule has 1 amide bonds. The number of anilines is 1. The maximum Gasteiger partial charge on any atom is 0.316 e. The van der Waals surface area contributed by atoms with E-state index < -0.39 is 23.2 Å². The van der Waals surface area contributed by atoms with E-state index in [1.54, 1.807) is 46.1 Å². The molecule has 1 rings (SSSR count). The first-order valence-corrected chi connectivity index (χ1v) is 5.65. The van der Waals surface area contributed by atoms with E-state index in [0.29, 0.717) is 5.69 Å². The number of pyridine rings is 1. The van der Waals surface area contributed by atoms with Gasteiger partial charge in [0.15, 0.2) is 0 Å². The number of amides is 1. The van der Waals surface area contributed by atoms with Crippen LogP contribution in [0.5, 0.6) is 0 Å². The number of carbonyl (C=O) groups is 2. The molecule has 18 heavy (non-hydrogen) atoms. The van der Waals surface area contributed by atoms with E-state index in [0.717, 1.165) is 0 Å². The number of hydrogen-bond donors (Lipinski definition) is 1. The SMILES string of the molecule is CN(C(=O)C(C(=O)O)C(C)(C)C)c1cccnc1. The molecule has 98 valence electrons. The Kier molecular flexibility index (Phi) is 4.06. The lowest BCUT2D eigenvalue weighted by molar-refractivity contribution is -0.150. The minimum atomic E-state index is -1.11. The third kappa shape index (κ3) is 3.06. The molecule has 1 aromatic heterocycles. The van der Waals surface area contributed by atoms with E-state index in [-0.39, 0.29) is 0 Å². The highest BCUT2D eigenvalue weighted by atomic mass is 16.4. The smallest absolute Gasteiger partial charge is 0.316 e. The molecule has 0 saturated heterocycles. The zero-order valence-electron chi connectivity index (χ0n) is 11.0. The van der Waals surface area contributed by atoms with Crippen molar-refractivity contribution in [3.63, 3.8) is 0 Å². The molecular formula is C13H18N2O3. The van der Waals surface area contributed by atoms with Crippen LogP contribution in [0.4, 0.5) is 5.69 Å². The van der Waals surface area contributed by atoms with E-state index in [9.17, 15) is 14.7 Å². The van der Waals surface area contributed by atoms with Crippen molar-refractivity contribution in [1.82, 2.24) is 4.98 Å². The zero-order chi connectivity index (χ0) is 13.9. The van der Waals surface area contributed by atoms with Crippen LogP contribution in [0.15, 0.2) is 24.5 Å². The Morgan fingerprint density at radius 2 is 2.00 bits per heavy atom. The van der Waals surface area contributed by atoms with Crippen molar-refractivity contribution in [3.05, 3.63) is 24.5 Å². The second kappa shape index (κ2) is 5.16. The highest BCUT2D eigenvalue weighted by molar-refractivity contribution is 6.05. The predicted octanol–water partition coefficient (Wildman–Crippen LogP) is 1.79. The van der Waals surface area contributed by atoms with Crippen molar-refractivity contribution in [2.75, 3.05) is 11.9 Å². The highest BCUT2D eigenvalue weighted by Crippen LogP contribution is 2.29. The van der Waals surface area contributed by atoms with Gasteiger partial charge in [0.05, 0.1) is 11.9 Å². The lowest BCUT2D eigenvalue weighted by atomic mass is 9.80. The first kappa shape index (κ1) is 14.2. The summed E-state index contributed by atoms with van der Waals surface area (Å²) >= 11 is 0. The number of carboxylic acids is 1. The van der Waals surface area contributed by atoms with Crippen LogP contribution in [0.1, 0.15) is 20.8 Å². The number of rotatable bonds is 3. The standard InChI is InChI=1S/C13H18N2O3/c1-13(2,3)10(12(17)18)11(16)15(4)9-6-5-7-14-8-9/h5-8,10H,1-4H3,(H,17,18). The molecule has 0 aliphatic carbocycles. The van der Waals surface area contributed by atoms with E-state index >= 15 is 0 Å². The summed E-state index contributed by atoms with van der Waals surface area (Å²) in [7, 11) is 1.56. The summed E-state index contributed by atoms with van der Waals surface area (Å²) < 4.78 is 0. The van der Waals surface area contributed by atoms with E-state index in [2.05, 4.69) is 4.98 Å². The first-order valence-electron chi connectivity index (χ1n) is 5.65. The van der Waals surface area contributed by atoms with Crippen molar-refractivity contribution < 1.29 is 14.7 Å². The summed E-state index contributed by atoms with van der Waals surface area (Å²) in [5.74, 6) is -2.63. The van der Waals surface area contributed by atoms with Crippen molar-refractivity contribution >= 4 is 17.6 Å². The molecule has 1 N–H and O–H groups in total. The Labute approximate surface area is 106 Å². The minimum Gasteiger partial charge on any atom is -0.481 e. The number of hydrogen-bond acceptors (Lipinski definition) is 3. The lowest BCUT2D eigenvalue weighted by Gasteiger charge is -2.29. The molecule has 1 heterocycles. The summed E-state index contributed by atoms with van der Waals surface area (Å²) in [6.07, 6.45) is 3.12. The molecule has 0 aliphatic heterocycles. The Hall–Kier alpha value is -1.91. The summed E-state index contributed by atoms with van der Waals surface area (Å²) in [4.78, 5) is 28.8. The third-order valence-corrected chi connectivity index (χ3v) is 2.72. The Morgan fingerprint density at radius 1 is 1.39 bits per heavy atom. The van der Waals surface area contributed by atoms with Crippen molar-refractivity contribution in [2.24, 2.45) is 11.3 Å². The lowest BCUT2D eigenvalue weighted by Crippen LogP contribution is -2.43. The molecule has 0 aromatic carbocycles. The molecule has 1 unspecified atom stereocenters. The first-order chi connectivity index (χ1) is 8.25. The van der Waals surface area contributed by atoms with Crippen molar-refractivity contribution in [2.45, 2.75) is 20.8 Å². The maximum absolute atomic E-state index is 12.2. The van der Waals surface area contributed by atoms with E-state index in [1.165, 1.54) is 11.1 Å². The van der Waals surface area contributed by atoms with Crippen LogP contribution in [0.2, 0.25) is 0 Å². The maximum atomic E-state index is 12.2. The fourth-order valence-corrected chi connectivity index (χ4v) is 1.72. The Bertz CT molecular complexity index is 437. The van der Waals surface area contributed by atoms with Gasteiger partial charge in [-0.1, -0.05) is 20.8 Å². The summed E-state index contributed by atoms with van der Waals surface area (Å²) in [6, 6.07) is 3.42. The largest absolute Gasteiger partial charge is 0.481 e. The van der Waals surface area contributed by atoms with Crippen LogP contribution in [0.25, 0.3) is 0 Å². The predicted molar refractivity (Wildman–Crippen MR) is 68.2 cm³/mol. The van der Waals surface area contributed by atoms with Gasteiger partial charge in [0.2, 0.25) is 5.91 Å². The second-order valence-electron chi connectivity index (χ2n) is 5.25. The molecule has 5 heteroatoms. The van der Waals surface area contributed by atoms with E-state index in [1.807, 2.05) is 0 Å². The second-order valence-corrected chi connectivity index (χ2v) is 5.25. The van der Waals surface area contributed by atoms with Crippen LogP contribution in [-0.4, -0.2) is 29.0 Å². The Morgan fingerprint density at radius 3 is 2.39 bits per heavy atom. The van der Waals surface area contributed by atoms with Gasteiger partial charge >= 0.3 is 5.97 Å². The van der Waals surface area contributed by atoms with Gasteiger partial charge in [-0.3, -0.25) is 14.6 Å². The van der Waals surface area contributed by atoms with Gasteiger partial charge in [0.25, 0.3) is 0 Å². The molecule has 1 atom stereocenters. The molecule has 0 saturated carbocycles. The van der Waals surface area contributed by atoms with Gasteiger partial charge in [0, 0.05) is 13.2 Å². The van der Waals surface area contributed by atoms with Gasteiger partial charge in [-0.05, 0) is 17.5 Å². The summed E-state index contributed by atoms with van der Waals surface area (Å²) in [6.45, 7) is 5.21. The normalized spacial score (nSPS) is 12.9.